The molecule has 1 amide bonds. The molecule has 27 heavy (non-hydrogen) atoms. The maximum absolute atomic E-state index is 13.6. The summed E-state index contributed by atoms with van der Waals surface area (Å²) < 4.78 is 0. The van der Waals surface area contributed by atoms with Crippen molar-refractivity contribution in [3.05, 3.63) is 35.9 Å². The van der Waals surface area contributed by atoms with E-state index in [4.69, 9.17) is 5.73 Å². The molecule has 2 unspecified atom stereocenters. The van der Waals surface area contributed by atoms with E-state index in [2.05, 4.69) is 42.6 Å². The minimum Gasteiger partial charge on any atom is -0.353 e. The van der Waals surface area contributed by atoms with Gasteiger partial charge in [0, 0.05) is 12.1 Å². The maximum atomic E-state index is 13.6. The second-order valence-corrected chi connectivity index (χ2v) is 10.8. The summed E-state index contributed by atoms with van der Waals surface area (Å²) in [5, 5.41) is 3.49. The summed E-state index contributed by atoms with van der Waals surface area (Å²) in [5.41, 5.74) is 7.92. The summed E-state index contributed by atoms with van der Waals surface area (Å²) in [5.74, 6) is 1.07. The van der Waals surface area contributed by atoms with Gasteiger partial charge in [0.25, 0.3) is 0 Å². The molecule has 3 N–H and O–H groups in total. The fourth-order valence-corrected chi connectivity index (χ4v) is 7.89. The third-order valence-electron chi connectivity index (χ3n) is 8.32. The predicted octanol–water partition coefficient (Wildman–Crippen LogP) is 4.30. The summed E-state index contributed by atoms with van der Waals surface area (Å²) in [6.07, 6.45) is 11.3. The topological polar surface area (TPSA) is 55.1 Å². The molecule has 6 rings (SSSR count). The van der Waals surface area contributed by atoms with Crippen LogP contribution in [0.5, 0.6) is 0 Å². The van der Waals surface area contributed by atoms with Crippen LogP contribution in [0, 0.1) is 16.7 Å². The highest BCUT2D eigenvalue weighted by Gasteiger charge is 2.64. The molecule has 1 aromatic carbocycles. The van der Waals surface area contributed by atoms with Crippen LogP contribution in [0.3, 0.4) is 0 Å². The fourth-order valence-electron chi connectivity index (χ4n) is 7.89. The number of carbonyl (C=O) groups is 1. The maximum Gasteiger partial charge on any atom is 0.226 e. The van der Waals surface area contributed by atoms with Gasteiger partial charge in [0.15, 0.2) is 0 Å². The van der Waals surface area contributed by atoms with Crippen molar-refractivity contribution in [1.29, 1.82) is 0 Å². The Morgan fingerprint density at radius 2 is 1.74 bits per heavy atom. The number of hydrogen-bond acceptors (Lipinski definition) is 2. The standard InChI is InChI=1S/C24H34N2O/c1-22-11-17-12-23(14-22,18-5-3-2-4-6-18)16-24(13-17,15-22)21(27)26-20-9-7-19(25)8-10-20/h2-6,17,19-20H,7-16,25H2,1H3,(H,26,27)/t17?,19-,20-,22-,23-,24?/m1/s1. The number of amides is 1. The van der Waals surface area contributed by atoms with E-state index in [0.29, 0.717) is 29.3 Å². The lowest BCUT2D eigenvalue weighted by Crippen LogP contribution is -2.62. The van der Waals surface area contributed by atoms with E-state index in [1.54, 1.807) is 0 Å². The second kappa shape index (κ2) is 6.07. The predicted molar refractivity (Wildman–Crippen MR) is 108 cm³/mol. The monoisotopic (exact) mass is 366 g/mol. The van der Waals surface area contributed by atoms with Crippen LogP contribution in [0.2, 0.25) is 0 Å². The minimum atomic E-state index is -0.149. The van der Waals surface area contributed by atoms with Crippen LogP contribution in [0.1, 0.15) is 76.7 Å². The summed E-state index contributed by atoms with van der Waals surface area (Å²) in [7, 11) is 0. The molecule has 0 aliphatic heterocycles. The first-order valence-corrected chi connectivity index (χ1v) is 11.0. The summed E-state index contributed by atoms with van der Waals surface area (Å²) in [6, 6.07) is 11.8. The van der Waals surface area contributed by atoms with E-state index < -0.39 is 0 Å². The third-order valence-corrected chi connectivity index (χ3v) is 8.32. The molecule has 4 bridgehead atoms. The van der Waals surface area contributed by atoms with Gasteiger partial charge in [-0.05, 0) is 86.5 Å². The highest BCUT2D eigenvalue weighted by atomic mass is 16.2. The summed E-state index contributed by atoms with van der Waals surface area (Å²) in [4.78, 5) is 13.6. The van der Waals surface area contributed by atoms with Gasteiger partial charge in [0.2, 0.25) is 5.91 Å². The first kappa shape index (κ1) is 17.7. The van der Waals surface area contributed by atoms with E-state index in [1.807, 2.05) is 0 Å². The van der Waals surface area contributed by atoms with Crippen LogP contribution in [-0.4, -0.2) is 18.0 Å². The Morgan fingerprint density at radius 3 is 2.44 bits per heavy atom. The number of carbonyl (C=O) groups excluding carboxylic acids is 1. The highest BCUT2D eigenvalue weighted by molar-refractivity contribution is 5.84. The number of nitrogens with one attached hydrogen (secondary N) is 1. The summed E-state index contributed by atoms with van der Waals surface area (Å²) >= 11 is 0. The molecule has 5 fully saturated rings. The average molecular weight is 367 g/mol. The number of rotatable bonds is 3. The lowest BCUT2D eigenvalue weighted by molar-refractivity contribution is -0.161. The van der Waals surface area contributed by atoms with Gasteiger partial charge in [-0.25, -0.2) is 0 Å². The van der Waals surface area contributed by atoms with E-state index in [1.165, 1.54) is 24.8 Å². The normalized spacial score (nSPS) is 45.6. The Kier molecular flexibility index (Phi) is 3.99. The van der Waals surface area contributed by atoms with Gasteiger partial charge in [-0.1, -0.05) is 37.3 Å². The van der Waals surface area contributed by atoms with Crippen LogP contribution in [0.25, 0.3) is 0 Å². The van der Waals surface area contributed by atoms with E-state index in [0.717, 1.165) is 44.9 Å². The van der Waals surface area contributed by atoms with Crippen LogP contribution >= 0.6 is 0 Å². The smallest absolute Gasteiger partial charge is 0.226 e. The molecule has 146 valence electrons. The van der Waals surface area contributed by atoms with E-state index in [9.17, 15) is 4.79 Å². The van der Waals surface area contributed by atoms with Crippen molar-refractivity contribution in [2.75, 3.05) is 0 Å². The van der Waals surface area contributed by atoms with Crippen molar-refractivity contribution in [2.45, 2.75) is 88.6 Å². The quantitative estimate of drug-likeness (QED) is 0.838. The minimum absolute atomic E-state index is 0.149. The van der Waals surface area contributed by atoms with Crippen molar-refractivity contribution < 1.29 is 4.79 Å². The molecule has 0 spiro atoms. The van der Waals surface area contributed by atoms with Crippen LogP contribution in [0.4, 0.5) is 0 Å². The molecular weight excluding hydrogens is 332 g/mol. The number of nitrogens with two attached hydrogens (primary N) is 1. The van der Waals surface area contributed by atoms with Crippen molar-refractivity contribution >= 4 is 5.91 Å². The third kappa shape index (κ3) is 2.93. The molecule has 0 saturated heterocycles. The van der Waals surface area contributed by atoms with Gasteiger partial charge in [0.1, 0.15) is 0 Å². The number of benzene rings is 1. The SMILES string of the molecule is C[C@]12CC3CC(C(=O)N[C@H]4CC[C@H](N)CC4)(C1)C[C@@](c1ccccc1)(C3)C2. The highest BCUT2D eigenvalue weighted by Crippen LogP contribution is 2.70. The molecule has 3 nitrogen and oxygen atoms in total. The molecule has 5 aliphatic rings. The number of hydrogen-bond donors (Lipinski definition) is 2. The second-order valence-electron chi connectivity index (χ2n) is 10.8. The van der Waals surface area contributed by atoms with Gasteiger partial charge in [-0.3, -0.25) is 4.79 Å². The lowest BCUT2D eigenvalue weighted by Gasteiger charge is -2.65. The van der Waals surface area contributed by atoms with Gasteiger partial charge >= 0.3 is 0 Å². The Hall–Kier alpha value is -1.35. The van der Waals surface area contributed by atoms with Crippen LogP contribution in [-0.2, 0) is 10.2 Å². The van der Waals surface area contributed by atoms with Crippen LogP contribution in [0.15, 0.2) is 30.3 Å². The van der Waals surface area contributed by atoms with Crippen molar-refractivity contribution in [3.8, 4) is 0 Å². The fraction of sp³-hybridized carbons (Fsp3) is 0.708. The zero-order valence-corrected chi connectivity index (χ0v) is 16.7. The zero-order chi connectivity index (χ0) is 18.7. The Labute approximate surface area is 163 Å². The molecule has 5 saturated carbocycles. The van der Waals surface area contributed by atoms with Crippen molar-refractivity contribution in [2.24, 2.45) is 22.5 Å². The largest absolute Gasteiger partial charge is 0.353 e. The molecular formula is C24H34N2O. The van der Waals surface area contributed by atoms with Crippen molar-refractivity contribution in [1.82, 2.24) is 5.32 Å². The van der Waals surface area contributed by atoms with Gasteiger partial charge in [-0.2, -0.15) is 0 Å². The van der Waals surface area contributed by atoms with Gasteiger partial charge in [0.05, 0.1) is 5.41 Å². The molecule has 5 aliphatic carbocycles. The lowest BCUT2D eigenvalue weighted by atomic mass is 9.38. The first-order valence-electron chi connectivity index (χ1n) is 11.0. The molecule has 1 aromatic rings. The molecule has 0 aromatic heterocycles. The van der Waals surface area contributed by atoms with Crippen LogP contribution < -0.4 is 11.1 Å². The van der Waals surface area contributed by atoms with Gasteiger partial charge < -0.3 is 11.1 Å². The van der Waals surface area contributed by atoms with E-state index in [-0.39, 0.29) is 10.8 Å². The Balaban J connectivity index is 1.43. The molecule has 0 heterocycles. The molecule has 3 heteroatoms. The first-order chi connectivity index (χ1) is 12.9. The average Bonchev–Trinajstić information content (AvgIpc) is 2.62. The molecule has 0 radical (unpaired) electrons. The zero-order valence-electron chi connectivity index (χ0n) is 16.7. The molecule has 4 atom stereocenters. The van der Waals surface area contributed by atoms with E-state index >= 15 is 0 Å². The Morgan fingerprint density at radius 1 is 1.00 bits per heavy atom. The van der Waals surface area contributed by atoms with Gasteiger partial charge in [-0.15, -0.1) is 0 Å². The summed E-state index contributed by atoms with van der Waals surface area (Å²) in [6.45, 7) is 2.46. The van der Waals surface area contributed by atoms with Crippen molar-refractivity contribution in [3.63, 3.8) is 0 Å². The Bertz CT molecular complexity index is 725.